The van der Waals surface area contributed by atoms with Gasteiger partial charge in [0.05, 0.1) is 0 Å². The maximum Gasteiger partial charge on any atom is 0.323 e. The van der Waals surface area contributed by atoms with Crippen LogP contribution in [0.15, 0.2) is 10.5 Å². The fourth-order valence-corrected chi connectivity index (χ4v) is 1.76. The van der Waals surface area contributed by atoms with E-state index in [1.165, 1.54) is 0 Å². The number of furan rings is 1. The summed E-state index contributed by atoms with van der Waals surface area (Å²) in [5, 5.41) is 12.1. The van der Waals surface area contributed by atoms with Crippen LogP contribution in [0.1, 0.15) is 43.9 Å². The SMILES string of the molecule is Cc1cc(C(C)NC(C)(C)C(=O)O)c(C)o1. The van der Waals surface area contributed by atoms with Gasteiger partial charge < -0.3 is 9.52 Å². The Hall–Kier alpha value is -1.29. The monoisotopic (exact) mass is 225 g/mol. The second-order valence-electron chi connectivity index (χ2n) is 4.66. The Morgan fingerprint density at radius 2 is 2.06 bits per heavy atom. The van der Waals surface area contributed by atoms with E-state index in [1.54, 1.807) is 13.8 Å². The fraction of sp³-hybridized carbons (Fsp3) is 0.583. The first-order valence-corrected chi connectivity index (χ1v) is 5.32. The molecule has 0 aromatic carbocycles. The van der Waals surface area contributed by atoms with E-state index in [1.807, 2.05) is 26.8 Å². The Morgan fingerprint density at radius 3 is 2.44 bits per heavy atom. The lowest BCUT2D eigenvalue weighted by atomic mass is 10.0. The van der Waals surface area contributed by atoms with E-state index in [2.05, 4.69) is 5.32 Å². The summed E-state index contributed by atoms with van der Waals surface area (Å²) in [5.41, 5.74) is 0.0589. The first-order chi connectivity index (χ1) is 7.24. The van der Waals surface area contributed by atoms with Crippen molar-refractivity contribution in [2.45, 2.75) is 46.2 Å². The number of carboxylic acid groups (broad SMARTS) is 1. The second kappa shape index (κ2) is 4.29. The minimum atomic E-state index is -0.947. The molecular weight excluding hydrogens is 206 g/mol. The summed E-state index contributed by atoms with van der Waals surface area (Å²) in [4.78, 5) is 11.0. The van der Waals surface area contributed by atoms with E-state index in [0.29, 0.717) is 0 Å². The minimum Gasteiger partial charge on any atom is -0.480 e. The molecule has 0 bridgehead atoms. The molecule has 1 atom stereocenters. The van der Waals surface area contributed by atoms with Crippen LogP contribution < -0.4 is 5.32 Å². The van der Waals surface area contributed by atoms with Crippen LogP contribution in [-0.4, -0.2) is 16.6 Å². The lowest BCUT2D eigenvalue weighted by Crippen LogP contribution is -2.47. The quantitative estimate of drug-likeness (QED) is 0.826. The lowest BCUT2D eigenvalue weighted by Gasteiger charge is -2.25. The topological polar surface area (TPSA) is 62.5 Å². The molecule has 0 aliphatic carbocycles. The molecule has 4 nitrogen and oxygen atoms in total. The van der Waals surface area contributed by atoms with Crippen molar-refractivity contribution in [3.8, 4) is 0 Å². The van der Waals surface area contributed by atoms with Crippen LogP contribution >= 0.6 is 0 Å². The van der Waals surface area contributed by atoms with E-state index in [0.717, 1.165) is 17.1 Å². The molecule has 0 saturated carbocycles. The largest absolute Gasteiger partial charge is 0.480 e. The number of nitrogens with one attached hydrogen (secondary N) is 1. The van der Waals surface area contributed by atoms with Crippen LogP contribution in [0.4, 0.5) is 0 Å². The maximum absolute atomic E-state index is 11.0. The summed E-state index contributed by atoms with van der Waals surface area (Å²) in [6.07, 6.45) is 0. The van der Waals surface area contributed by atoms with Gasteiger partial charge in [-0.1, -0.05) is 0 Å². The lowest BCUT2D eigenvalue weighted by molar-refractivity contribution is -0.143. The molecule has 0 aliphatic rings. The van der Waals surface area contributed by atoms with Crippen LogP contribution in [0.2, 0.25) is 0 Å². The first-order valence-electron chi connectivity index (χ1n) is 5.32. The third kappa shape index (κ3) is 2.64. The van der Waals surface area contributed by atoms with Crippen LogP contribution in [0.5, 0.6) is 0 Å². The molecule has 1 rings (SSSR count). The summed E-state index contributed by atoms with van der Waals surface area (Å²) in [5.74, 6) is 0.810. The zero-order valence-electron chi connectivity index (χ0n) is 10.4. The van der Waals surface area contributed by atoms with Gasteiger partial charge >= 0.3 is 5.97 Å². The third-order valence-electron chi connectivity index (χ3n) is 2.66. The number of aliphatic carboxylic acids is 1. The molecule has 2 N–H and O–H groups in total. The van der Waals surface area contributed by atoms with Gasteiger partial charge in [-0.25, -0.2) is 0 Å². The molecule has 1 aromatic rings. The molecule has 4 heteroatoms. The zero-order chi connectivity index (χ0) is 12.5. The molecule has 1 aromatic heterocycles. The van der Waals surface area contributed by atoms with Gasteiger partial charge in [-0.3, -0.25) is 10.1 Å². The average molecular weight is 225 g/mol. The highest BCUT2D eigenvalue weighted by atomic mass is 16.4. The molecule has 90 valence electrons. The number of carbonyl (C=O) groups is 1. The Bertz CT molecular complexity index is 393. The summed E-state index contributed by atoms with van der Waals surface area (Å²) < 4.78 is 5.42. The van der Waals surface area contributed by atoms with Crippen molar-refractivity contribution in [2.75, 3.05) is 0 Å². The van der Waals surface area contributed by atoms with Crippen molar-refractivity contribution >= 4 is 5.97 Å². The molecule has 0 amide bonds. The Balaban J connectivity index is 2.84. The molecule has 0 saturated heterocycles. The van der Waals surface area contributed by atoms with Gasteiger partial charge in [0.15, 0.2) is 0 Å². The van der Waals surface area contributed by atoms with E-state index < -0.39 is 11.5 Å². The average Bonchev–Trinajstić information content (AvgIpc) is 2.44. The van der Waals surface area contributed by atoms with Gasteiger partial charge in [-0.15, -0.1) is 0 Å². The predicted molar refractivity (Wildman–Crippen MR) is 61.4 cm³/mol. The molecule has 0 radical (unpaired) electrons. The van der Waals surface area contributed by atoms with Gasteiger partial charge in [0, 0.05) is 11.6 Å². The van der Waals surface area contributed by atoms with Gasteiger partial charge in [-0.2, -0.15) is 0 Å². The van der Waals surface area contributed by atoms with E-state index in [4.69, 9.17) is 9.52 Å². The number of hydrogen-bond donors (Lipinski definition) is 2. The van der Waals surface area contributed by atoms with Crippen molar-refractivity contribution in [2.24, 2.45) is 0 Å². The molecule has 0 fully saturated rings. The highest BCUT2D eigenvalue weighted by Crippen LogP contribution is 2.23. The standard InChI is InChI=1S/C12H19NO3/c1-7-6-10(9(3)16-7)8(2)13-12(4,5)11(14)15/h6,8,13H,1-5H3,(H,14,15). The first kappa shape index (κ1) is 12.8. The van der Waals surface area contributed by atoms with E-state index >= 15 is 0 Å². The number of rotatable bonds is 4. The highest BCUT2D eigenvalue weighted by molar-refractivity contribution is 5.77. The minimum absolute atomic E-state index is 0.0523. The van der Waals surface area contributed by atoms with Crippen molar-refractivity contribution in [3.05, 3.63) is 23.2 Å². The van der Waals surface area contributed by atoms with Crippen molar-refractivity contribution in [3.63, 3.8) is 0 Å². The second-order valence-corrected chi connectivity index (χ2v) is 4.66. The summed E-state index contributed by atoms with van der Waals surface area (Å²) in [6.45, 7) is 8.99. The molecule has 1 heterocycles. The Kier molecular flexibility index (Phi) is 3.43. The molecular formula is C12H19NO3. The zero-order valence-corrected chi connectivity index (χ0v) is 10.4. The van der Waals surface area contributed by atoms with Crippen LogP contribution in [0, 0.1) is 13.8 Å². The van der Waals surface area contributed by atoms with Crippen molar-refractivity contribution < 1.29 is 14.3 Å². The molecule has 0 spiro atoms. The van der Waals surface area contributed by atoms with Crippen molar-refractivity contribution in [1.29, 1.82) is 0 Å². The van der Waals surface area contributed by atoms with Crippen LogP contribution in [0.25, 0.3) is 0 Å². The summed E-state index contributed by atoms with van der Waals surface area (Å²) >= 11 is 0. The predicted octanol–water partition coefficient (Wildman–Crippen LogP) is 2.41. The summed E-state index contributed by atoms with van der Waals surface area (Å²) in [7, 11) is 0. The van der Waals surface area contributed by atoms with E-state index in [-0.39, 0.29) is 6.04 Å². The van der Waals surface area contributed by atoms with Gasteiger partial charge in [-0.05, 0) is 40.7 Å². The fourth-order valence-electron chi connectivity index (χ4n) is 1.76. The molecule has 0 aliphatic heterocycles. The summed E-state index contributed by atoms with van der Waals surface area (Å²) in [6, 6.07) is 1.88. The van der Waals surface area contributed by atoms with Gasteiger partial charge in [0.1, 0.15) is 17.1 Å². The smallest absolute Gasteiger partial charge is 0.323 e. The maximum atomic E-state index is 11.0. The van der Waals surface area contributed by atoms with E-state index in [9.17, 15) is 4.79 Å². The van der Waals surface area contributed by atoms with Crippen LogP contribution in [-0.2, 0) is 4.79 Å². The Labute approximate surface area is 95.7 Å². The van der Waals surface area contributed by atoms with Crippen LogP contribution in [0.3, 0.4) is 0 Å². The van der Waals surface area contributed by atoms with Crippen molar-refractivity contribution in [1.82, 2.24) is 5.32 Å². The van der Waals surface area contributed by atoms with Gasteiger partial charge in [0.2, 0.25) is 0 Å². The Morgan fingerprint density at radius 1 is 1.50 bits per heavy atom. The molecule has 16 heavy (non-hydrogen) atoms. The van der Waals surface area contributed by atoms with Gasteiger partial charge in [0.25, 0.3) is 0 Å². The molecule has 1 unspecified atom stereocenters. The highest BCUT2D eigenvalue weighted by Gasteiger charge is 2.29. The third-order valence-corrected chi connectivity index (χ3v) is 2.66. The number of carboxylic acids is 1. The normalized spacial score (nSPS) is 13.8. The number of hydrogen-bond acceptors (Lipinski definition) is 3. The number of aryl methyl sites for hydroxylation is 2.